The number of para-hydroxylation sites is 1. The van der Waals surface area contributed by atoms with Crippen LogP contribution >= 0.6 is 0 Å². The maximum Gasteiger partial charge on any atom is 0.258 e. The molecule has 1 aromatic heterocycles. The molecule has 0 saturated heterocycles. The fraction of sp³-hybridized carbons (Fsp3) is 0.304. The number of rotatable bonds is 9. The lowest BCUT2D eigenvalue weighted by Crippen LogP contribution is -2.28. The van der Waals surface area contributed by atoms with E-state index in [-0.39, 0.29) is 12.5 Å². The summed E-state index contributed by atoms with van der Waals surface area (Å²) in [5.41, 5.74) is 3.37. The van der Waals surface area contributed by atoms with Gasteiger partial charge in [-0.1, -0.05) is 56.3 Å². The van der Waals surface area contributed by atoms with Gasteiger partial charge < -0.3 is 10.1 Å². The zero-order valence-electron chi connectivity index (χ0n) is 16.5. The van der Waals surface area contributed by atoms with Crippen LogP contribution in [0.5, 0.6) is 5.75 Å². The predicted molar refractivity (Wildman–Crippen MR) is 110 cm³/mol. The van der Waals surface area contributed by atoms with Gasteiger partial charge in [0.1, 0.15) is 5.75 Å². The first-order valence-electron chi connectivity index (χ1n) is 9.69. The first-order chi connectivity index (χ1) is 13.7. The van der Waals surface area contributed by atoms with Crippen LogP contribution in [-0.2, 0) is 17.9 Å². The van der Waals surface area contributed by atoms with Gasteiger partial charge >= 0.3 is 0 Å². The quantitative estimate of drug-likeness (QED) is 0.610. The number of amides is 1. The molecule has 1 heterocycles. The first kappa shape index (κ1) is 19.7. The average Bonchev–Trinajstić information content (AvgIpc) is 3.24. The molecule has 2 aromatic carbocycles. The molecule has 0 spiro atoms. The van der Waals surface area contributed by atoms with Crippen LogP contribution in [0, 0.1) is 0 Å². The molecule has 146 valence electrons. The summed E-state index contributed by atoms with van der Waals surface area (Å²) in [7, 11) is 0. The Hall–Kier alpha value is -3.08. The maximum absolute atomic E-state index is 12.2. The second-order valence-corrected chi connectivity index (χ2v) is 6.93. The molecule has 0 aliphatic carbocycles. The van der Waals surface area contributed by atoms with Crippen LogP contribution in [-0.4, -0.2) is 22.3 Å². The van der Waals surface area contributed by atoms with Gasteiger partial charge in [0.15, 0.2) is 6.61 Å². The second kappa shape index (κ2) is 9.74. The molecule has 5 nitrogen and oxygen atoms in total. The van der Waals surface area contributed by atoms with Crippen molar-refractivity contribution >= 4 is 5.91 Å². The second-order valence-electron chi connectivity index (χ2n) is 6.93. The molecule has 0 radical (unpaired) electrons. The van der Waals surface area contributed by atoms with Gasteiger partial charge in [0.05, 0.1) is 6.54 Å². The Balaban J connectivity index is 1.47. The number of hydrogen-bond donors (Lipinski definition) is 1. The van der Waals surface area contributed by atoms with Gasteiger partial charge in [0.2, 0.25) is 0 Å². The molecule has 3 aromatic rings. The van der Waals surface area contributed by atoms with Crippen molar-refractivity contribution in [1.82, 2.24) is 15.1 Å². The van der Waals surface area contributed by atoms with Crippen molar-refractivity contribution in [3.05, 3.63) is 83.7 Å². The van der Waals surface area contributed by atoms with Crippen molar-refractivity contribution in [2.45, 2.75) is 39.3 Å². The van der Waals surface area contributed by atoms with Crippen molar-refractivity contribution in [3.63, 3.8) is 0 Å². The van der Waals surface area contributed by atoms with Gasteiger partial charge in [-0.3, -0.25) is 9.48 Å². The largest absolute Gasteiger partial charge is 0.483 e. The third-order valence-corrected chi connectivity index (χ3v) is 4.84. The number of benzene rings is 2. The van der Waals surface area contributed by atoms with Crippen molar-refractivity contribution in [2.24, 2.45) is 0 Å². The van der Waals surface area contributed by atoms with E-state index in [1.807, 2.05) is 47.3 Å². The van der Waals surface area contributed by atoms with E-state index in [0.717, 1.165) is 29.8 Å². The summed E-state index contributed by atoms with van der Waals surface area (Å²) >= 11 is 0. The van der Waals surface area contributed by atoms with Crippen LogP contribution in [0.3, 0.4) is 0 Å². The minimum atomic E-state index is -0.125. The van der Waals surface area contributed by atoms with Gasteiger partial charge in [-0.05, 0) is 41.2 Å². The van der Waals surface area contributed by atoms with Crippen LogP contribution in [0.1, 0.15) is 42.9 Å². The highest BCUT2D eigenvalue weighted by Gasteiger charge is 2.11. The lowest BCUT2D eigenvalue weighted by Gasteiger charge is -2.15. The average molecular weight is 377 g/mol. The van der Waals surface area contributed by atoms with E-state index in [1.54, 1.807) is 6.20 Å². The molecule has 0 aliphatic heterocycles. The molecule has 1 amide bonds. The Morgan fingerprint density at radius 2 is 1.86 bits per heavy atom. The zero-order chi connectivity index (χ0) is 19.8. The van der Waals surface area contributed by atoms with E-state index in [9.17, 15) is 4.79 Å². The highest BCUT2D eigenvalue weighted by atomic mass is 16.5. The Kier molecular flexibility index (Phi) is 6.84. The van der Waals surface area contributed by atoms with E-state index < -0.39 is 0 Å². The number of nitrogens with zero attached hydrogens (tertiary/aromatic N) is 2. The summed E-state index contributed by atoms with van der Waals surface area (Å²) in [6, 6.07) is 18.0. The Morgan fingerprint density at radius 1 is 1.11 bits per heavy atom. The smallest absolute Gasteiger partial charge is 0.258 e. The van der Waals surface area contributed by atoms with Crippen molar-refractivity contribution in [2.75, 3.05) is 6.61 Å². The minimum absolute atomic E-state index is 0.0187. The molecular weight excluding hydrogens is 350 g/mol. The zero-order valence-corrected chi connectivity index (χ0v) is 16.5. The van der Waals surface area contributed by atoms with Crippen LogP contribution in [0.25, 0.3) is 0 Å². The van der Waals surface area contributed by atoms with Crippen LogP contribution in [0.2, 0.25) is 0 Å². The molecule has 28 heavy (non-hydrogen) atoms. The normalized spacial score (nSPS) is 11.8. The fourth-order valence-electron chi connectivity index (χ4n) is 2.98. The lowest BCUT2D eigenvalue weighted by molar-refractivity contribution is -0.123. The molecule has 0 aliphatic rings. The summed E-state index contributed by atoms with van der Waals surface area (Å²) < 4.78 is 7.65. The molecule has 0 bridgehead atoms. The first-order valence-corrected chi connectivity index (χ1v) is 9.69. The SMILES string of the molecule is CCC(C)c1ccccc1OCC(=O)NCc1ccc(Cn2cccn2)cc1. The highest BCUT2D eigenvalue weighted by molar-refractivity contribution is 5.77. The van der Waals surface area contributed by atoms with Gasteiger partial charge in [-0.2, -0.15) is 5.10 Å². The number of aromatic nitrogens is 2. The lowest BCUT2D eigenvalue weighted by atomic mass is 9.98. The number of carbonyl (C=O) groups excluding carboxylic acids is 1. The molecule has 1 atom stereocenters. The van der Waals surface area contributed by atoms with Gasteiger partial charge in [0, 0.05) is 18.9 Å². The third-order valence-electron chi connectivity index (χ3n) is 4.84. The van der Waals surface area contributed by atoms with Crippen LogP contribution in [0.4, 0.5) is 0 Å². The van der Waals surface area contributed by atoms with Crippen LogP contribution in [0.15, 0.2) is 67.0 Å². The van der Waals surface area contributed by atoms with Crippen molar-refractivity contribution in [1.29, 1.82) is 0 Å². The highest BCUT2D eigenvalue weighted by Crippen LogP contribution is 2.28. The molecule has 0 fully saturated rings. The summed E-state index contributed by atoms with van der Waals surface area (Å²) in [5, 5.41) is 7.12. The fourth-order valence-corrected chi connectivity index (χ4v) is 2.98. The van der Waals surface area contributed by atoms with E-state index in [0.29, 0.717) is 12.5 Å². The van der Waals surface area contributed by atoms with E-state index in [2.05, 4.69) is 42.5 Å². The maximum atomic E-state index is 12.2. The summed E-state index contributed by atoms with van der Waals surface area (Å²) in [5.74, 6) is 1.06. The van der Waals surface area contributed by atoms with E-state index >= 15 is 0 Å². The molecule has 1 unspecified atom stereocenters. The van der Waals surface area contributed by atoms with E-state index in [1.165, 1.54) is 5.56 Å². The monoisotopic (exact) mass is 377 g/mol. The molecule has 1 N–H and O–H groups in total. The molecule has 3 rings (SSSR count). The van der Waals surface area contributed by atoms with Crippen molar-refractivity contribution < 1.29 is 9.53 Å². The van der Waals surface area contributed by atoms with Crippen molar-refractivity contribution in [3.8, 4) is 5.75 Å². The topological polar surface area (TPSA) is 56.1 Å². The summed E-state index contributed by atoms with van der Waals surface area (Å²) in [4.78, 5) is 12.2. The van der Waals surface area contributed by atoms with Gasteiger partial charge in [-0.15, -0.1) is 0 Å². The standard InChI is InChI=1S/C23H27N3O2/c1-3-18(2)21-7-4-5-8-22(21)28-17-23(27)24-15-19-9-11-20(12-10-19)16-26-14-6-13-25-26/h4-14,18H,3,15-17H2,1-2H3,(H,24,27). The molecular formula is C23H27N3O2. The number of carbonyl (C=O) groups is 1. The predicted octanol–water partition coefficient (Wildman–Crippen LogP) is 4.14. The number of hydrogen-bond acceptors (Lipinski definition) is 3. The summed E-state index contributed by atoms with van der Waals surface area (Å²) in [6.07, 6.45) is 4.74. The van der Waals surface area contributed by atoms with Gasteiger partial charge in [-0.25, -0.2) is 0 Å². The van der Waals surface area contributed by atoms with E-state index in [4.69, 9.17) is 4.74 Å². The Labute approximate surface area is 166 Å². The molecule has 5 heteroatoms. The summed E-state index contributed by atoms with van der Waals surface area (Å²) in [6.45, 7) is 5.55. The Bertz CT molecular complexity index is 873. The van der Waals surface area contributed by atoms with Gasteiger partial charge in [0.25, 0.3) is 5.91 Å². The minimum Gasteiger partial charge on any atom is -0.483 e. The number of ether oxygens (including phenoxy) is 1. The van der Waals surface area contributed by atoms with Crippen LogP contribution < -0.4 is 10.1 Å². The Morgan fingerprint density at radius 3 is 2.57 bits per heavy atom. The number of nitrogens with one attached hydrogen (secondary N) is 1. The third kappa shape index (κ3) is 5.46. The molecule has 0 saturated carbocycles.